The summed E-state index contributed by atoms with van der Waals surface area (Å²) in [5.74, 6) is -5.17. The fraction of sp³-hybridized carbons (Fsp3) is 0.600. The second-order valence-corrected chi connectivity index (χ2v) is 25.0. The summed E-state index contributed by atoms with van der Waals surface area (Å²) in [5.41, 5.74) is 4.35. The molecule has 9 atom stereocenters. The van der Waals surface area contributed by atoms with E-state index in [0.29, 0.717) is 19.4 Å². The van der Waals surface area contributed by atoms with Gasteiger partial charge in [-0.05, 0) is 102 Å². The minimum absolute atomic E-state index is 0.0342. The van der Waals surface area contributed by atoms with Crippen LogP contribution in [0.4, 0.5) is 31.9 Å². The lowest BCUT2D eigenvalue weighted by Crippen LogP contribution is -2.60. The number of carbonyl (C=O) groups excluding carboxylic acids is 6. The number of nitrogens with two attached hydrogens (primary N) is 1. The summed E-state index contributed by atoms with van der Waals surface area (Å²) in [6, 6.07) is 10.9. The molecule has 82 heavy (non-hydrogen) atoms. The number of likely N-dealkylation sites (tertiary alicyclic amines) is 4. The smallest absolute Gasteiger partial charge is 0.410 e. The van der Waals surface area contributed by atoms with E-state index in [9.17, 15) is 46.3 Å². The van der Waals surface area contributed by atoms with Gasteiger partial charge in [-0.1, -0.05) is 85.7 Å². The van der Waals surface area contributed by atoms with Gasteiger partial charge in [0.15, 0.2) is 23.3 Å². The molecule has 3 N–H and O–H groups in total. The molecule has 4 fully saturated rings. The average molecular weight is 1160 g/mol. The molecule has 4 aliphatic rings. The van der Waals surface area contributed by atoms with Crippen molar-refractivity contribution >= 4 is 36.0 Å². The first-order valence-electron chi connectivity index (χ1n) is 27.9. The number of fused-ring (bicyclic) bond motifs is 2. The zero-order chi connectivity index (χ0) is 61.6. The Balaban J connectivity index is 0.000000314. The molecule has 454 valence electrons. The molecule has 22 heteroatoms. The highest BCUT2D eigenvalue weighted by molar-refractivity contribution is 5.92. The van der Waals surface area contributed by atoms with Crippen molar-refractivity contribution in [3.8, 4) is 11.5 Å². The largest absolute Gasteiger partial charge is 0.486 e. The van der Waals surface area contributed by atoms with Crippen LogP contribution in [0.5, 0.6) is 11.5 Å². The fourth-order valence-corrected chi connectivity index (χ4v) is 10.1. The maximum absolute atomic E-state index is 14.4. The number of ether oxygens (including phenoxy) is 5. The van der Waals surface area contributed by atoms with Gasteiger partial charge >= 0.3 is 18.3 Å². The van der Waals surface area contributed by atoms with E-state index in [1.165, 1.54) is 31.0 Å². The molecular formula is C60H85F4N7O11. The number of hydrogen-bond acceptors (Lipinski definition) is 12. The van der Waals surface area contributed by atoms with Crippen LogP contribution in [0.2, 0.25) is 0 Å². The number of halogens is 4. The van der Waals surface area contributed by atoms with E-state index in [4.69, 9.17) is 29.4 Å². The third kappa shape index (κ3) is 16.5. The van der Waals surface area contributed by atoms with Crippen LogP contribution in [0.25, 0.3) is 0 Å². The van der Waals surface area contributed by atoms with Crippen molar-refractivity contribution in [3.05, 3.63) is 95.6 Å². The molecule has 3 aromatic rings. The van der Waals surface area contributed by atoms with Gasteiger partial charge in [0, 0.05) is 32.3 Å². The standard InChI is InChI=1S/C35H46F2N4O7.C23H33F2N3O4.C2H6/c1-21(39(8)32(44)46-20-22-12-10-9-11-13-22)30(42)38-29(34(2,3)4)31(43)40-17-16-26-28(40)27(19-41(26)33(45)48-35(5,6)7)47-23-14-15-24(36)25(37)18-23;1-22(2,3)19(26)20(29)27-10-9-16-18(27)17(12-28(16)21(30)32-23(4,5)6)31-13-7-8-14(24)15(25)11-13;1-2/h9-15,18,21,26-29H,16-17,19-20H2,1-8H3,(H,38,42);7-8,11,16-19H,9-10,12,26H2,1-6H3;1-2H3/t21-,26+,27-,28-,29+;16-,17+,18+,19-;/m01./s1. The highest BCUT2D eigenvalue weighted by Gasteiger charge is 2.57. The summed E-state index contributed by atoms with van der Waals surface area (Å²) in [4.78, 5) is 87.5. The van der Waals surface area contributed by atoms with E-state index in [-0.39, 0.29) is 49.7 Å². The maximum atomic E-state index is 14.4. The molecule has 0 bridgehead atoms. The van der Waals surface area contributed by atoms with Gasteiger partial charge in [-0.15, -0.1) is 0 Å². The lowest BCUT2D eigenvalue weighted by molar-refractivity contribution is -0.142. The lowest BCUT2D eigenvalue weighted by Gasteiger charge is -2.37. The van der Waals surface area contributed by atoms with Gasteiger partial charge in [0.05, 0.1) is 43.3 Å². The molecule has 3 aromatic carbocycles. The van der Waals surface area contributed by atoms with Crippen LogP contribution in [0, 0.1) is 34.1 Å². The summed E-state index contributed by atoms with van der Waals surface area (Å²) in [6.07, 6.45) is -2.28. The summed E-state index contributed by atoms with van der Waals surface area (Å²) >= 11 is 0. The number of likely N-dealkylation sites (N-methyl/N-ethyl adjacent to an activating group) is 1. The highest BCUT2D eigenvalue weighted by atomic mass is 19.2. The first-order chi connectivity index (χ1) is 38.1. The Morgan fingerprint density at radius 3 is 1.44 bits per heavy atom. The van der Waals surface area contributed by atoms with Gasteiger partial charge in [-0.25, -0.2) is 31.9 Å². The Morgan fingerprint density at radius 1 is 0.622 bits per heavy atom. The van der Waals surface area contributed by atoms with Crippen molar-refractivity contribution in [2.75, 3.05) is 33.2 Å². The van der Waals surface area contributed by atoms with Crippen LogP contribution < -0.4 is 20.5 Å². The third-order valence-electron chi connectivity index (χ3n) is 14.4. The minimum atomic E-state index is -1.09. The Hall–Kier alpha value is -6.84. The number of nitrogens with one attached hydrogen (secondary N) is 1. The zero-order valence-electron chi connectivity index (χ0n) is 50.3. The first-order valence-corrected chi connectivity index (χ1v) is 27.9. The molecule has 6 amide bonds. The van der Waals surface area contributed by atoms with Crippen molar-refractivity contribution in [3.63, 3.8) is 0 Å². The first kappa shape index (κ1) is 66.0. The summed E-state index contributed by atoms with van der Waals surface area (Å²) in [5, 5.41) is 2.85. The number of benzene rings is 3. The van der Waals surface area contributed by atoms with Crippen molar-refractivity contribution in [1.82, 2.24) is 29.8 Å². The number of amides is 6. The average Bonchev–Trinajstić information content (AvgIpc) is 4.22. The van der Waals surface area contributed by atoms with E-state index in [0.717, 1.165) is 34.7 Å². The van der Waals surface area contributed by atoms with E-state index in [1.807, 2.05) is 85.7 Å². The summed E-state index contributed by atoms with van der Waals surface area (Å²) in [6.45, 7) is 28.1. The van der Waals surface area contributed by atoms with Crippen molar-refractivity contribution < 1.29 is 70.0 Å². The number of hydrogen-bond donors (Lipinski definition) is 2. The van der Waals surface area contributed by atoms with Crippen LogP contribution in [-0.2, 0) is 35.2 Å². The van der Waals surface area contributed by atoms with Gasteiger partial charge in [-0.3, -0.25) is 29.1 Å². The van der Waals surface area contributed by atoms with E-state index in [1.54, 1.807) is 56.2 Å². The molecule has 0 spiro atoms. The van der Waals surface area contributed by atoms with Crippen LogP contribution in [0.3, 0.4) is 0 Å². The van der Waals surface area contributed by atoms with Crippen molar-refractivity contribution in [2.45, 2.75) is 189 Å². The molecule has 0 saturated carbocycles. The van der Waals surface area contributed by atoms with Crippen LogP contribution in [0.15, 0.2) is 66.7 Å². The van der Waals surface area contributed by atoms with E-state index >= 15 is 0 Å². The predicted octanol–water partition coefficient (Wildman–Crippen LogP) is 9.45. The Labute approximate surface area is 480 Å². The van der Waals surface area contributed by atoms with Gasteiger partial charge in [0.2, 0.25) is 17.7 Å². The SMILES string of the molecule is CC.CC(C)(C)OC(=O)N1C[C@H](Oc2ccc(F)c(F)c2)[C@@H]2[C@H]1CCN2C(=O)[C@@H](N)C(C)(C)C.C[C@@H](C(=O)N[C@H](C(=O)N1CC[C@@H]2[C@H]1[C@@H](Oc1ccc(F)c(F)c1)CN2C(=O)OC(C)(C)C)C(C)(C)C)N(C)C(=O)OCc1ccccc1. The normalized spacial score (nSPS) is 21.5. The Morgan fingerprint density at radius 2 is 1.05 bits per heavy atom. The second-order valence-electron chi connectivity index (χ2n) is 25.0. The molecule has 18 nitrogen and oxygen atoms in total. The Bertz CT molecular complexity index is 2730. The molecular weight excluding hydrogens is 1070 g/mol. The number of rotatable bonds is 11. The van der Waals surface area contributed by atoms with Crippen molar-refractivity contribution in [1.29, 1.82) is 0 Å². The summed E-state index contributed by atoms with van der Waals surface area (Å²) in [7, 11) is 1.45. The van der Waals surface area contributed by atoms with Crippen LogP contribution >= 0.6 is 0 Å². The predicted molar refractivity (Wildman–Crippen MR) is 299 cm³/mol. The van der Waals surface area contributed by atoms with Gasteiger partial charge in [0.1, 0.15) is 53.6 Å². The monoisotopic (exact) mass is 1160 g/mol. The second kappa shape index (κ2) is 26.6. The minimum Gasteiger partial charge on any atom is -0.486 e. The van der Waals surface area contributed by atoms with Crippen LogP contribution in [0.1, 0.15) is 122 Å². The van der Waals surface area contributed by atoms with Gasteiger partial charge in [-0.2, -0.15) is 0 Å². The maximum Gasteiger partial charge on any atom is 0.410 e. The molecule has 7 rings (SSSR count). The zero-order valence-corrected chi connectivity index (χ0v) is 50.3. The summed E-state index contributed by atoms with van der Waals surface area (Å²) < 4.78 is 83.5. The molecule has 4 heterocycles. The molecule has 0 radical (unpaired) electrons. The highest BCUT2D eigenvalue weighted by Crippen LogP contribution is 2.39. The molecule has 0 aliphatic carbocycles. The van der Waals surface area contributed by atoms with Crippen molar-refractivity contribution in [2.24, 2.45) is 16.6 Å². The van der Waals surface area contributed by atoms with Crippen LogP contribution in [-0.4, -0.2) is 159 Å². The lowest BCUT2D eigenvalue weighted by atomic mass is 9.85. The quantitative estimate of drug-likeness (QED) is 0.136. The van der Waals surface area contributed by atoms with Gasteiger partial charge in [0.25, 0.3) is 0 Å². The topological polar surface area (TPSA) is 203 Å². The Kier molecular flexibility index (Phi) is 21.4. The van der Waals surface area contributed by atoms with E-state index < -0.39 is 124 Å². The molecule has 0 aromatic heterocycles. The number of carbonyl (C=O) groups is 6. The van der Waals surface area contributed by atoms with Gasteiger partial charge < -0.3 is 44.5 Å². The molecule has 4 aliphatic heterocycles. The third-order valence-corrected chi connectivity index (χ3v) is 14.4. The number of nitrogens with zero attached hydrogens (tertiary/aromatic N) is 5. The molecule has 4 saturated heterocycles. The van der Waals surface area contributed by atoms with E-state index in [2.05, 4.69) is 5.32 Å². The molecule has 0 unspecified atom stereocenters. The fourth-order valence-electron chi connectivity index (χ4n) is 10.1.